The van der Waals surface area contributed by atoms with Gasteiger partial charge in [0.25, 0.3) is 0 Å². The van der Waals surface area contributed by atoms with Crippen molar-refractivity contribution in [1.29, 1.82) is 0 Å². The summed E-state index contributed by atoms with van der Waals surface area (Å²) in [5.74, 6) is 0. The second-order valence-corrected chi connectivity index (χ2v) is 2.64. The lowest BCUT2D eigenvalue weighted by Crippen LogP contribution is -1.85. The molecule has 2 N–H and O–H groups in total. The van der Waals surface area contributed by atoms with Crippen molar-refractivity contribution in [3.05, 3.63) is 13.2 Å². The highest BCUT2D eigenvalue weighted by Crippen LogP contribution is 2.15. The van der Waals surface area contributed by atoms with E-state index in [1.807, 2.05) is 13.8 Å². The molecule has 0 heterocycles. The van der Waals surface area contributed by atoms with Crippen LogP contribution in [0.5, 0.6) is 0 Å². The van der Waals surface area contributed by atoms with E-state index in [4.69, 9.17) is 14.9 Å². The minimum absolute atomic E-state index is 0.125. The van der Waals surface area contributed by atoms with E-state index in [-0.39, 0.29) is 13.2 Å². The summed E-state index contributed by atoms with van der Waals surface area (Å²) in [5.41, 5.74) is 0. The summed E-state index contributed by atoms with van der Waals surface area (Å²) in [6.45, 7) is 11.4. The topological polar surface area (TPSA) is 49.7 Å². The lowest BCUT2D eigenvalue weighted by atomic mass is 10.0. The van der Waals surface area contributed by atoms with Crippen LogP contribution in [0.15, 0.2) is 13.2 Å². The molecule has 0 spiro atoms. The van der Waals surface area contributed by atoms with Crippen LogP contribution in [0.1, 0.15) is 39.5 Å². The molecule has 1 aliphatic rings. The lowest BCUT2D eigenvalue weighted by Gasteiger charge is -2.05. The second kappa shape index (κ2) is 29.2. The third kappa shape index (κ3) is 42.0. The number of hydrogen-bond donors (Lipinski definition) is 2. The summed E-state index contributed by atoms with van der Waals surface area (Å²) >= 11 is 0. The van der Waals surface area contributed by atoms with Gasteiger partial charge >= 0.3 is 0 Å². The molecule has 0 amide bonds. The molecule has 15 heavy (non-hydrogen) atoms. The molecule has 1 fully saturated rings. The molecule has 3 heteroatoms. The summed E-state index contributed by atoms with van der Waals surface area (Å²) in [7, 11) is 0. The van der Waals surface area contributed by atoms with Crippen molar-refractivity contribution in [1.82, 2.24) is 0 Å². The van der Waals surface area contributed by atoms with E-state index in [1.54, 1.807) is 0 Å². The van der Waals surface area contributed by atoms with Gasteiger partial charge in [0, 0.05) is 13.2 Å². The van der Waals surface area contributed by atoms with Gasteiger partial charge in [0.2, 0.25) is 0 Å². The monoisotopic (exact) mass is 220 g/mol. The minimum Gasteiger partial charge on any atom is -0.394 e. The van der Waals surface area contributed by atoms with Crippen molar-refractivity contribution in [2.24, 2.45) is 0 Å². The van der Waals surface area contributed by atoms with Crippen LogP contribution in [0.2, 0.25) is 0 Å². The van der Waals surface area contributed by atoms with Crippen LogP contribution in [0.25, 0.3) is 0 Å². The molecule has 0 saturated heterocycles. The first-order chi connectivity index (χ1) is 7.33. The van der Waals surface area contributed by atoms with Crippen molar-refractivity contribution >= 4 is 0 Å². The van der Waals surface area contributed by atoms with E-state index in [0.717, 1.165) is 13.2 Å². The molecule has 0 aromatic carbocycles. The Hall–Kier alpha value is -0.380. The normalized spacial score (nSPS) is 11.5. The lowest BCUT2D eigenvalue weighted by molar-refractivity contribution is 0.162. The van der Waals surface area contributed by atoms with Gasteiger partial charge < -0.3 is 14.9 Å². The fraction of sp³-hybridized carbons (Fsp3) is 0.833. The molecule has 0 aromatic heterocycles. The standard InChI is InChI=1S/C4H10O.C4H8.C2H6O2.C2H4/c1-3-5-4-2;1-2-4-3-1;3-1-2-4;1-2/h3-4H2,1-2H3;1-4H2;3-4H,1-2H2;1-2H2. The zero-order chi connectivity index (χ0) is 12.4. The van der Waals surface area contributed by atoms with Crippen LogP contribution in [0.4, 0.5) is 0 Å². The van der Waals surface area contributed by atoms with Gasteiger partial charge in [-0.3, -0.25) is 0 Å². The fourth-order valence-corrected chi connectivity index (χ4v) is 0.454. The molecule has 0 aromatic rings. The zero-order valence-electron chi connectivity index (χ0n) is 10.4. The predicted octanol–water partition coefficient (Wildman–Crippen LogP) is 2.38. The van der Waals surface area contributed by atoms with Crippen molar-refractivity contribution in [3.63, 3.8) is 0 Å². The maximum atomic E-state index is 7.62. The average molecular weight is 220 g/mol. The third-order valence-corrected chi connectivity index (χ3v) is 1.51. The Morgan fingerprint density at radius 3 is 1.13 bits per heavy atom. The van der Waals surface area contributed by atoms with Gasteiger partial charge in [0.05, 0.1) is 13.2 Å². The smallest absolute Gasteiger partial charge is 0.0662 e. The molecule has 3 nitrogen and oxygen atoms in total. The van der Waals surface area contributed by atoms with Crippen molar-refractivity contribution in [2.75, 3.05) is 26.4 Å². The van der Waals surface area contributed by atoms with Crippen LogP contribution >= 0.6 is 0 Å². The Balaban J connectivity index is -0.000000134. The molecular weight excluding hydrogens is 192 g/mol. The van der Waals surface area contributed by atoms with Gasteiger partial charge in [-0.15, -0.1) is 13.2 Å². The van der Waals surface area contributed by atoms with E-state index in [9.17, 15) is 0 Å². The number of aliphatic hydroxyl groups excluding tert-OH is 2. The second-order valence-electron chi connectivity index (χ2n) is 2.64. The fourth-order valence-electron chi connectivity index (χ4n) is 0.454. The molecule has 0 unspecified atom stereocenters. The molecule has 94 valence electrons. The first-order valence-corrected chi connectivity index (χ1v) is 5.62. The summed E-state index contributed by atoms with van der Waals surface area (Å²) in [6, 6.07) is 0. The molecule has 0 atom stereocenters. The third-order valence-electron chi connectivity index (χ3n) is 1.51. The molecule has 1 rings (SSSR count). The van der Waals surface area contributed by atoms with Crippen LogP contribution in [-0.4, -0.2) is 36.6 Å². The van der Waals surface area contributed by atoms with Gasteiger partial charge in [-0.2, -0.15) is 0 Å². The molecule has 1 saturated carbocycles. The van der Waals surface area contributed by atoms with Crippen molar-refractivity contribution < 1.29 is 14.9 Å². The first kappa shape index (κ1) is 20.1. The largest absolute Gasteiger partial charge is 0.394 e. The Labute approximate surface area is 94.8 Å². The number of rotatable bonds is 3. The number of hydrogen-bond acceptors (Lipinski definition) is 3. The summed E-state index contributed by atoms with van der Waals surface area (Å²) < 4.78 is 4.83. The maximum absolute atomic E-state index is 7.62. The van der Waals surface area contributed by atoms with Crippen LogP contribution in [0.3, 0.4) is 0 Å². The summed E-state index contributed by atoms with van der Waals surface area (Å²) in [4.78, 5) is 0. The van der Waals surface area contributed by atoms with Crippen LogP contribution < -0.4 is 0 Å². The number of aliphatic hydroxyl groups is 2. The Kier molecular flexibility index (Phi) is 39.1. The predicted molar refractivity (Wildman–Crippen MR) is 66.1 cm³/mol. The van der Waals surface area contributed by atoms with Crippen LogP contribution in [-0.2, 0) is 4.74 Å². The highest BCUT2D eigenvalue weighted by atomic mass is 16.5. The maximum Gasteiger partial charge on any atom is 0.0662 e. The van der Waals surface area contributed by atoms with Crippen molar-refractivity contribution in [2.45, 2.75) is 39.5 Å². The van der Waals surface area contributed by atoms with Gasteiger partial charge in [0.1, 0.15) is 0 Å². The summed E-state index contributed by atoms with van der Waals surface area (Å²) in [5, 5.41) is 15.2. The molecule has 0 aliphatic heterocycles. The average Bonchev–Trinajstić information content (AvgIpc) is 2.20. The van der Waals surface area contributed by atoms with E-state index < -0.39 is 0 Å². The molecule has 0 bridgehead atoms. The first-order valence-electron chi connectivity index (χ1n) is 5.62. The van der Waals surface area contributed by atoms with E-state index in [0.29, 0.717) is 0 Å². The Morgan fingerprint density at radius 2 is 1.13 bits per heavy atom. The Morgan fingerprint density at radius 1 is 0.867 bits per heavy atom. The quantitative estimate of drug-likeness (QED) is 0.718. The Bertz CT molecular complexity index is 65.3. The summed E-state index contributed by atoms with van der Waals surface area (Å²) in [6.07, 6.45) is 6.00. The van der Waals surface area contributed by atoms with Gasteiger partial charge in [-0.25, -0.2) is 0 Å². The molecular formula is C12H28O3. The molecule has 0 radical (unpaired) electrons. The highest BCUT2D eigenvalue weighted by Gasteiger charge is 1.95. The minimum atomic E-state index is -0.125. The van der Waals surface area contributed by atoms with Gasteiger partial charge in [-0.1, -0.05) is 25.7 Å². The zero-order valence-corrected chi connectivity index (χ0v) is 10.4. The van der Waals surface area contributed by atoms with Gasteiger partial charge in [-0.05, 0) is 13.8 Å². The SMILES string of the molecule is C1CCC1.C=C.CCOCC.OCCO. The van der Waals surface area contributed by atoms with E-state index in [1.165, 1.54) is 25.7 Å². The highest BCUT2D eigenvalue weighted by molar-refractivity contribution is 4.50. The molecule has 1 aliphatic carbocycles. The number of ether oxygens (including phenoxy) is 1. The van der Waals surface area contributed by atoms with Gasteiger partial charge in [0.15, 0.2) is 0 Å². The van der Waals surface area contributed by atoms with E-state index in [2.05, 4.69) is 13.2 Å². The van der Waals surface area contributed by atoms with E-state index >= 15 is 0 Å². The van der Waals surface area contributed by atoms with Crippen LogP contribution in [0, 0.1) is 0 Å². The van der Waals surface area contributed by atoms with Crippen molar-refractivity contribution in [3.8, 4) is 0 Å².